The van der Waals surface area contributed by atoms with E-state index in [-0.39, 0.29) is 0 Å². The van der Waals surface area contributed by atoms with Crippen LogP contribution in [0.2, 0.25) is 0 Å². The van der Waals surface area contributed by atoms with Gasteiger partial charge in [0.15, 0.2) is 0 Å². The molecular weight excluding hydrogens is 143 g/mol. The molecule has 0 amide bonds. The van der Waals surface area contributed by atoms with Gasteiger partial charge >= 0.3 is 6.18 Å². The molecule has 1 aliphatic heterocycles. The largest absolute Gasteiger partial charge is 0.409 e. The molecule has 0 saturated carbocycles. The van der Waals surface area contributed by atoms with Crippen LogP contribution in [0.25, 0.3) is 0 Å². The first kappa shape index (κ1) is 7.44. The highest BCUT2D eigenvalue weighted by Crippen LogP contribution is 2.29. The van der Waals surface area contributed by atoms with Crippen LogP contribution in [-0.4, -0.2) is 24.2 Å². The minimum Gasteiger partial charge on any atom is -0.368 e. The van der Waals surface area contributed by atoms with E-state index < -0.39 is 12.2 Å². The average molecular weight is 149 g/mol. The van der Waals surface area contributed by atoms with E-state index in [1.165, 1.54) is 19.3 Å². The summed E-state index contributed by atoms with van der Waals surface area (Å²) in [7, 11) is 1.37. The summed E-state index contributed by atoms with van der Waals surface area (Å²) in [5.74, 6) is 0. The molecular formula is C6H6F3N. The Bertz CT molecular complexity index is 150. The van der Waals surface area contributed by atoms with E-state index >= 15 is 0 Å². The SMILES string of the molecule is CN1C=C[C]C1C(F)(F)F. The minimum absolute atomic E-state index is 1.07. The Labute approximate surface area is 57.1 Å². The monoisotopic (exact) mass is 149 g/mol. The molecule has 1 nitrogen and oxygen atoms in total. The number of alkyl halides is 3. The Morgan fingerprint density at radius 2 is 2.10 bits per heavy atom. The van der Waals surface area contributed by atoms with E-state index in [2.05, 4.69) is 6.42 Å². The Morgan fingerprint density at radius 1 is 1.50 bits per heavy atom. The molecule has 0 saturated heterocycles. The molecule has 0 N–H and O–H groups in total. The zero-order valence-electron chi connectivity index (χ0n) is 5.31. The molecule has 10 heavy (non-hydrogen) atoms. The van der Waals surface area contributed by atoms with E-state index in [1.54, 1.807) is 0 Å². The van der Waals surface area contributed by atoms with Crippen LogP contribution in [0.4, 0.5) is 13.2 Å². The molecule has 4 heteroatoms. The van der Waals surface area contributed by atoms with Crippen LogP contribution in [0.15, 0.2) is 12.3 Å². The van der Waals surface area contributed by atoms with Crippen molar-refractivity contribution in [1.82, 2.24) is 4.90 Å². The average Bonchev–Trinajstić information content (AvgIpc) is 2.11. The fourth-order valence-corrected chi connectivity index (χ4v) is 0.781. The lowest BCUT2D eigenvalue weighted by Crippen LogP contribution is -2.37. The van der Waals surface area contributed by atoms with Gasteiger partial charge in [-0.25, -0.2) is 0 Å². The zero-order valence-corrected chi connectivity index (χ0v) is 5.31. The fraction of sp³-hybridized carbons (Fsp3) is 0.500. The highest BCUT2D eigenvalue weighted by molar-refractivity contribution is 5.12. The van der Waals surface area contributed by atoms with Crippen LogP contribution in [0.3, 0.4) is 0 Å². The predicted molar refractivity (Wildman–Crippen MR) is 30.0 cm³/mol. The van der Waals surface area contributed by atoms with Gasteiger partial charge in [0.1, 0.15) is 6.04 Å². The number of rotatable bonds is 0. The molecule has 1 atom stereocenters. The summed E-state index contributed by atoms with van der Waals surface area (Å²) < 4.78 is 35.6. The van der Waals surface area contributed by atoms with Gasteiger partial charge < -0.3 is 4.90 Å². The van der Waals surface area contributed by atoms with Crippen molar-refractivity contribution in [3.63, 3.8) is 0 Å². The molecule has 0 fully saturated rings. The molecule has 0 spiro atoms. The molecule has 1 aliphatic rings. The first-order valence-electron chi connectivity index (χ1n) is 2.73. The lowest BCUT2D eigenvalue weighted by Gasteiger charge is -2.22. The van der Waals surface area contributed by atoms with Crippen LogP contribution < -0.4 is 0 Å². The van der Waals surface area contributed by atoms with E-state index in [0.29, 0.717) is 0 Å². The van der Waals surface area contributed by atoms with E-state index in [1.807, 2.05) is 0 Å². The summed E-state index contributed by atoms with van der Waals surface area (Å²) in [6, 6.07) is -1.55. The van der Waals surface area contributed by atoms with Gasteiger partial charge in [-0.05, 0) is 6.20 Å². The second-order valence-corrected chi connectivity index (χ2v) is 2.09. The zero-order chi connectivity index (χ0) is 7.78. The molecule has 0 aliphatic carbocycles. The van der Waals surface area contributed by atoms with Crippen LogP contribution in [0.1, 0.15) is 0 Å². The lowest BCUT2D eigenvalue weighted by atomic mass is 10.2. The van der Waals surface area contributed by atoms with Crippen molar-refractivity contribution in [3.05, 3.63) is 18.7 Å². The predicted octanol–water partition coefficient (Wildman–Crippen LogP) is 1.46. The topological polar surface area (TPSA) is 3.24 Å². The van der Waals surface area contributed by atoms with Gasteiger partial charge in [-0.1, -0.05) is 6.08 Å². The summed E-state index contributed by atoms with van der Waals surface area (Å²) in [6.45, 7) is 0. The summed E-state index contributed by atoms with van der Waals surface area (Å²) in [5.41, 5.74) is 0. The molecule has 0 aromatic heterocycles. The number of halogens is 3. The fourth-order valence-electron chi connectivity index (χ4n) is 0.781. The Hall–Kier alpha value is -0.670. The van der Waals surface area contributed by atoms with Crippen LogP contribution >= 0.6 is 0 Å². The molecule has 0 bridgehead atoms. The summed E-state index contributed by atoms with van der Waals surface area (Å²) >= 11 is 0. The maximum atomic E-state index is 11.9. The van der Waals surface area contributed by atoms with Gasteiger partial charge in [0.25, 0.3) is 0 Å². The molecule has 0 aromatic carbocycles. The first-order chi connectivity index (χ1) is 4.52. The third-order valence-electron chi connectivity index (χ3n) is 1.28. The molecule has 2 radical (unpaired) electrons. The smallest absolute Gasteiger partial charge is 0.368 e. The van der Waals surface area contributed by atoms with Crippen molar-refractivity contribution in [2.24, 2.45) is 0 Å². The van der Waals surface area contributed by atoms with E-state index in [9.17, 15) is 13.2 Å². The summed E-state index contributed by atoms with van der Waals surface area (Å²) in [6.07, 6.45) is 0.592. The van der Waals surface area contributed by atoms with Crippen molar-refractivity contribution in [3.8, 4) is 0 Å². The number of hydrogen-bond donors (Lipinski definition) is 0. The quantitative estimate of drug-likeness (QED) is 0.504. The van der Waals surface area contributed by atoms with Crippen LogP contribution in [-0.2, 0) is 0 Å². The first-order valence-corrected chi connectivity index (χ1v) is 2.73. The minimum atomic E-state index is -4.20. The highest BCUT2D eigenvalue weighted by atomic mass is 19.4. The van der Waals surface area contributed by atoms with Crippen molar-refractivity contribution in [2.75, 3.05) is 7.05 Å². The normalized spacial score (nSPS) is 26.0. The van der Waals surface area contributed by atoms with Gasteiger partial charge in [-0.15, -0.1) is 0 Å². The van der Waals surface area contributed by atoms with Crippen molar-refractivity contribution < 1.29 is 13.2 Å². The molecule has 0 aromatic rings. The van der Waals surface area contributed by atoms with Gasteiger partial charge in [-0.2, -0.15) is 13.2 Å². The second-order valence-electron chi connectivity index (χ2n) is 2.09. The molecule has 1 unspecified atom stereocenters. The van der Waals surface area contributed by atoms with Crippen LogP contribution in [0.5, 0.6) is 0 Å². The van der Waals surface area contributed by atoms with Gasteiger partial charge in [0.05, 0.1) is 0 Å². The van der Waals surface area contributed by atoms with Crippen molar-refractivity contribution >= 4 is 0 Å². The molecule has 1 heterocycles. The Balaban J connectivity index is 2.60. The van der Waals surface area contributed by atoms with Crippen molar-refractivity contribution in [2.45, 2.75) is 12.2 Å². The number of nitrogens with zero attached hydrogens (tertiary/aromatic N) is 1. The second kappa shape index (κ2) is 2.18. The third-order valence-corrected chi connectivity index (χ3v) is 1.28. The van der Waals surface area contributed by atoms with E-state index in [4.69, 9.17) is 0 Å². The third kappa shape index (κ3) is 1.25. The Kier molecular flexibility index (Phi) is 1.62. The number of hydrogen-bond acceptors (Lipinski definition) is 1. The molecule has 1 rings (SSSR count). The maximum absolute atomic E-state index is 11.9. The van der Waals surface area contributed by atoms with Gasteiger partial charge in [-0.3, -0.25) is 0 Å². The Morgan fingerprint density at radius 3 is 2.30 bits per heavy atom. The van der Waals surface area contributed by atoms with Crippen LogP contribution in [0, 0.1) is 6.42 Å². The standard InChI is InChI=1S/C6H6F3N/c1-10-4-2-3-5(10)6(7,8)9/h2,4-5H,1H3. The van der Waals surface area contributed by atoms with Crippen molar-refractivity contribution in [1.29, 1.82) is 0 Å². The molecule has 56 valence electrons. The summed E-state index contributed by atoms with van der Waals surface area (Å²) in [4.78, 5) is 1.07. The highest BCUT2D eigenvalue weighted by Gasteiger charge is 2.42. The van der Waals surface area contributed by atoms with Gasteiger partial charge in [0, 0.05) is 13.5 Å². The summed E-state index contributed by atoms with van der Waals surface area (Å²) in [5, 5.41) is 0. The van der Waals surface area contributed by atoms with Gasteiger partial charge in [0.2, 0.25) is 0 Å². The maximum Gasteiger partial charge on any atom is 0.409 e. The lowest BCUT2D eigenvalue weighted by molar-refractivity contribution is -0.161. The van der Waals surface area contributed by atoms with E-state index in [0.717, 1.165) is 4.90 Å².